The van der Waals surface area contributed by atoms with Gasteiger partial charge in [0.25, 0.3) is 5.91 Å². The van der Waals surface area contributed by atoms with E-state index >= 15 is 0 Å². The Morgan fingerprint density at radius 2 is 1.59 bits per heavy atom. The van der Waals surface area contributed by atoms with Crippen molar-refractivity contribution in [3.8, 4) is 0 Å². The highest BCUT2D eigenvalue weighted by molar-refractivity contribution is 6.17. The molecule has 1 amide bonds. The number of nitrogens with zero attached hydrogens (tertiary/aromatic N) is 2. The molecule has 0 aliphatic rings. The first-order chi connectivity index (χ1) is 16.2. The fourth-order valence-electron chi connectivity index (χ4n) is 3.36. The first kappa shape index (κ1) is 22.9. The molecule has 34 heavy (non-hydrogen) atoms. The predicted octanol–water partition coefficient (Wildman–Crippen LogP) is 5.28. The molecular weight excluding hydrogens is 450 g/mol. The van der Waals surface area contributed by atoms with Gasteiger partial charge in [-0.05, 0) is 13.0 Å². The zero-order valence-electron chi connectivity index (χ0n) is 17.8. The molecule has 1 aromatic heterocycles. The lowest BCUT2D eigenvalue weighted by molar-refractivity contribution is 0.0996. The monoisotopic (exact) mass is 467 g/mol. The number of amides is 1. The normalized spacial score (nSPS) is 10.9. The Morgan fingerprint density at radius 3 is 2.29 bits per heavy atom. The lowest BCUT2D eigenvalue weighted by Crippen LogP contribution is -2.16. The van der Waals surface area contributed by atoms with Gasteiger partial charge in [0.1, 0.15) is 5.82 Å². The molecule has 0 fully saturated rings. The van der Waals surface area contributed by atoms with E-state index in [0.717, 1.165) is 10.2 Å². The Morgan fingerprint density at radius 1 is 0.912 bits per heavy atom. The summed E-state index contributed by atoms with van der Waals surface area (Å²) in [5, 5.41) is 6.47. The van der Waals surface area contributed by atoms with Gasteiger partial charge in [-0.15, -0.1) is 0 Å². The SMILES string of the molecule is Cc1ccc(C(=O)c2ccccc2C(=O)Nc2cnn(Cc3c(F)cc(F)c(F)c3F)c2)cc1. The van der Waals surface area contributed by atoms with Crippen molar-refractivity contribution in [2.45, 2.75) is 13.5 Å². The van der Waals surface area contributed by atoms with Crippen molar-refractivity contribution in [2.75, 3.05) is 5.32 Å². The highest BCUT2D eigenvalue weighted by atomic mass is 19.2. The molecule has 5 nitrogen and oxygen atoms in total. The predicted molar refractivity (Wildman–Crippen MR) is 117 cm³/mol. The molecule has 1 N–H and O–H groups in total. The van der Waals surface area contributed by atoms with Crippen molar-refractivity contribution >= 4 is 17.4 Å². The molecule has 0 bridgehead atoms. The minimum atomic E-state index is -1.79. The van der Waals surface area contributed by atoms with Crippen LogP contribution in [0.5, 0.6) is 0 Å². The van der Waals surface area contributed by atoms with Crippen LogP contribution in [0.15, 0.2) is 67.0 Å². The van der Waals surface area contributed by atoms with Crippen LogP contribution < -0.4 is 5.32 Å². The standard InChI is InChI=1S/C25H17F4N3O2/c1-14-6-8-15(9-7-14)24(33)17-4-2-3-5-18(17)25(34)31-16-11-30-32(12-16)13-19-20(26)10-21(27)23(29)22(19)28/h2-12H,13H2,1H3,(H,31,34). The second-order valence-electron chi connectivity index (χ2n) is 7.57. The molecule has 0 unspecified atom stereocenters. The van der Waals surface area contributed by atoms with Crippen LogP contribution in [0, 0.1) is 30.2 Å². The Labute approximate surface area is 191 Å². The van der Waals surface area contributed by atoms with Crippen molar-refractivity contribution < 1.29 is 27.2 Å². The van der Waals surface area contributed by atoms with Crippen molar-refractivity contribution in [3.63, 3.8) is 0 Å². The largest absolute Gasteiger partial charge is 0.319 e. The third-order valence-corrected chi connectivity index (χ3v) is 5.15. The molecule has 0 aliphatic carbocycles. The molecule has 4 rings (SSSR count). The van der Waals surface area contributed by atoms with E-state index in [9.17, 15) is 27.2 Å². The molecule has 172 valence electrons. The van der Waals surface area contributed by atoms with Crippen LogP contribution in [0.4, 0.5) is 23.2 Å². The highest BCUT2D eigenvalue weighted by Gasteiger charge is 2.21. The van der Waals surface area contributed by atoms with Crippen LogP contribution >= 0.6 is 0 Å². The van der Waals surface area contributed by atoms with Crippen LogP contribution in [-0.4, -0.2) is 21.5 Å². The number of ketones is 1. The number of anilines is 1. The zero-order chi connectivity index (χ0) is 24.4. The summed E-state index contributed by atoms with van der Waals surface area (Å²) in [6.07, 6.45) is 2.49. The average molecular weight is 467 g/mol. The Kier molecular flexibility index (Phi) is 6.27. The minimum absolute atomic E-state index is 0.124. The number of rotatable bonds is 6. The summed E-state index contributed by atoms with van der Waals surface area (Å²) >= 11 is 0. The maximum Gasteiger partial charge on any atom is 0.256 e. The van der Waals surface area contributed by atoms with Crippen molar-refractivity contribution in [2.24, 2.45) is 0 Å². The number of halogens is 4. The van der Waals surface area contributed by atoms with Crippen LogP contribution in [0.1, 0.15) is 37.4 Å². The summed E-state index contributed by atoms with van der Waals surface area (Å²) in [6, 6.07) is 13.5. The molecule has 1 heterocycles. The number of aryl methyl sites for hydroxylation is 1. The molecule has 0 aliphatic heterocycles. The molecule has 0 saturated heterocycles. The summed E-state index contributed by atoms with van der Waals surface area (Å²) < 4.78 is 55.5. The molecule has 9 heteroatoms. The Hall–Kier alpha value is -4.27. The number of nitrogens with one attached hydrogen (secondary N) is 1. The first-order valence-electron chi connectivity index (χ1n) is 10.1. The Bertz CT molecular complexity index is 1400. The minimum Gasteiger partial charge on any atom is -0.319 e. The van der Waals surface area contributed by atoms with Gasteiger partial charge in [0, 0.05) is 29.0 Å². The van der Waals surface area contributed by atoms with E-state index in [1.807, 2.05) is 6.92 Å². The smallest absolute Gasteiger partial charge is 0.256 e. The van der Waals surface area contributed by atoms with E-state index in [2.05, 4.69) is 10.4 Å². The average Bonchev–Trinajstić information content (AvgIpc) is 3.27. The fourth-order valence-corrected chi connectivity index (χ4v) is 3.36. The molecule has 0 radical (unpaired) electrons. The van der Waals surface area contributed by atoms with Gasteiger partial charge < -0.3 is 5.32 Å². The van der Waals surface area contributed by atoms with Crippen LogP contribution in [0.3, 0.4) is 0 Å². The van der Waals surface area contributed by atoms with Gasteiger partial charge in [0.2, 0.25) is 0 Å². The summed E-state index contributed by atoms with van der Waals surface area (Å²) in [7, 11) is 0. The van der Waals surface area contributed by atoms with Crippen molar-refractivity contribution in [1.29, 1.82) is 0 Å². The first-order valence-corrected chi connectivity index (χ1v) is 10.1. The van der Waals surface area contributed by atoms with Crippen LogP contribution in [0.2, 0.25) is 0 Å². The van der Waals surface area contributed by atoms with E-state index in [1.54, 1.807) is 36.4 Å². The zero-order valence-corrected chi connectivity index (χ0v) is 17.8. The molecule has 3 aromatic carbocycles. The van der Waals surface area contributed by atoms with Gasteiger partial charge in [0.05, 0.1) is 24.0 Å². The second kappa shape index (κ2) is 9.30. The van der Waals surface area contributed by atoms with E-state index in [-0.39, 0.29) is 28.7 Å². The second-order valence-corrected chi connectivity index (χ2v) is 7.57. The fraction of sp³-hybridized carbons (Fsp3) is 0.0800. The van der Waals surface area contributed by atoms with Crippen molar-refractivity contribution in [3.05, 3.63) is 118 Å². The quantitative estimate of drug-likeness (QED) is 0.182. The summed E-state index contributed by atoms with van der Waals surface area (Å²) in [4.78, 5) is 25.8. The van der Waals surface area contributed by atoms with E-state index in [0.29, 0.717) is 5.56 Å². The summed E-state index contributed by atoms with van der Waals surface area (Å²) in [5.41, 5.74) is 1.19. The van der Waals surface area contributed by atoms with Gasteiger partial charge >= 0.3 is 0 Å². The van der Waals surface area contributed by atoms with Crippen LogP contribution in [-0.2, 0) is 6.54 Å². The number of hydrogen-bond donors (Lipinski definition) is 1. The molecular formula is C25H17F4N3O2. The topological polar surface area (TPSA) is 64.0 Å². The maximum atomic E-state index is 13.9. The Balaban J connectivity index is 1.54. The third-order valence-electron chi connectivity index (χ3n) is 5.15. The lowest BCUT2D eigenvalue weighted by Gasteiger charge is -2.09. The molecule has 0 atom stereocenters. The van der Waals surface area contributed by atoms with Gasteiger partial charge in [-0.3, -0.25) is 14.3 Å². The van der Waals surface area contributed by atoms with E-state index < -0.39 is 41.3 Å². The molecule has 0 saturated carbocycles. The van der Waals surface area contributed by atoms with Gasteiger partial charge in [-0.2, -0.15) is 5.10 Å². The van der Waals surface area contributed by atoms with Gasteiger partial charge in [0.15, 0.2) is 23.2 Å². The highest BCUT2D eigenvalue weighted by Crippen LogP contribution is 2.21. The van der Waals surface area contributed by atoms with Gasteiger partial charge in [-0.25, -0.2) is 17.6 Å². The summed E-state index contributed by atoms with van der Waals surface area (Å²) in [6.45, 7) is 1.36. The number of benzene rings is 3. The maximum absolute atomic E-state index is 13.9. The van der Waals surface area contributed by atoms with Gasteiger partial charge in [-0.1, -0.05) is 48.0 Å². The van der Waals surface area contributed by atoms with Crippen LogP contribution in [0.25, 0.3) is 0 Å². The van der Waals surface area contributed by atoms with E-state index in [4.69, 9.17) is 0 Å². The number of hydrogen-bond acceptors (Lipinski definition) is 3. The van der Waals surface area contributed by atoms with E-state index in [1.165, 1.54) is 24.5 Å². The number of carbonyl (C=O) groups is 2. The molecule has 4 aromatic rings. The lowest BCUT2D eigenvalue weighted by atomic mass is 9.97. The summed E-state index contributed by atoms with van der Waals surface area (Å²) in [5.74, 6) is -7.26. The number of carbonyl (C=O) groups excluding carboxylic acids is 2. The number of aromatic nitrogens is 2. The van der Waals surface area contributed by atoms with Crippen molar-refractivity contribution in [1.82, 2.24) is 9.78 Å². The molecule has 0 spiro atoms. The third kappa shape index (κ3) is 4.59.